The number of aryl methyl sites for hydroxylation is 1. The van der Waals surface area contributed by atoms with Crippen molar-refractivity contribution in [3.8, 4) is 0 Å². The largest absolute Gasteiger partial charge is 0.352 e. The zero-order chi connectivity index (χ0) is 11.1. The van der Waals surface area contributed by atoms with Gasteiger partial charge in [0.1, 0.15) is 0 Å². The highest BCUT2D eigenvalue weighted by molar-refractivity contribution is 6.09. The van der Waals surface area contributed by atoms with Crippen LogP contribution in [-0.2, 0) is 13.0 Å². The summed E-state index contributed by atoms with van der Waals surface area (Å²) in [6, 6.07) is 8.14. The minimum Gasteiger partial charge on any atom is -0.352 e. The molecular formula is C13H14N2O. The molecule has 1 aliphatic heterocycles. The van der Waals surface area contributed by atoms with Gasteiger partial charge < -0.3 is 9.88 Å². The first-order valence-electron chi connectivity index (χ1n) is 5.71. The Hall–Kier alpha value is -1.77. The first kappa shape index (κ1) is 9.46. The fourth-order valence-corrected chi connectivity index (χ4v) is 2.61. The summed E-state index contributed by atoms with van der Waals surface area (Å²) in [6.45, 7) is 3.80. The van der Waals surface area contributed by atoms with E-state index in [0.29, 0.717) is 0 Å². The molecule has 2 aromatic rings. The third-order valence-electron chi connectivity index (χ3n) is 3.27. The standard InChI is InChI=1S/C13H14N2O/c1-2-15-10-6-4-3-5-9(10)12-11(15)7-8-14-13(12)16/h3-6H,2,7-8H2,1H3,(H,14,16). The van der Waals surface area contributed by atoms with Gasteiger partial charge in [-0.05, 0) is 13.0 Å². The Balaban J connectivity index is 2.43. The highest BCUT2D eigenvalue weighted by atomic mass is 16.1. The van der Waals surface area contributed by atoms with E-state index in [1.807, 2.05) is 18.2 Å². The molecule has 3 nitrogen and oxygen atoms in total. The Labute approximate surface area is 94.1 Å². The van der Waals surface area contributed by atoms with Crippen LogP contribution in [0.25, 0.3) is 10.9 Å². The molecule has 1 amide bonds. The van der Waals surface area contributed by atoms with Crippen molar-refractivity contribution in [2.75, 3.05) is 6.54 Å². The average Bonchev–Trinajstić information content (AvgIpc) is 2.64. The van der Waals surface area contributed by atoms with E-state index >= 15 is 0 Å². The fraction of sp³-hybridized carbons (Fsp3) is 0.308. The zero-order valence-electron chi connectivity index (χ0n) is 9.29. The van der Waals surface area contributed by atoms with Crippen molar-refractivity contribution in [1.82, 2.24) is 9.88 Å². The Morgan fingerprint density at radius 1 is 1.38 bits per heavy atom. The number of rotatable bonds is 1. The van der Waals surface area contributed by atoms with Crippen LogP contribution in [-0.4, -0.2) is 17.0 Å². The van der Waals surface area contributed by atoms with Crippen LogP contribution >= 0.6 is 0 Å². The van der Waals surface area contributed by atoms with Gasteiger partial charge in [-0.15, -0.1) is 0 Å². The van der Waals surface area contributed by atoms with Crippen molar-refractivity contribution >= 4 is 16.8 Å². The fourth-order valence-electron chi connectivity index (χ4n) is 2.61. The molecule has 0 saturated heterocycles. The van der Waals surface area contributed by atoms with Crippen molar-refractivity contribution in [3.63, 3.8) is 0 Å². The minimum absolute atomic E-state index is 0.0738. The van der Waals surface area contributed by atoms with E-state index in [0.717, 1.165) is 30.5 Å². The van der Waals surface area contributed by atoms with Crippen LogP contribution < -0.4 is 5.32 Å². The molecule has 0 spiro atoms. The molecule has 1 aliphatic rings. The van der Waals surface area contributed by atoms with Crippen LogP contribution in [0.4, 0.5) is 0 Å². The Kier molecular flexibility index (Phi) is 1.99. The molecule has 0 saturated carbocycles. The highest BCUT2D eigenvalue weighted by Gasteiger charge is 2.24. The summed E-state index contributed by atoms with van der Waals surface area (Å²) >= 11 is 0. The number of benzene rings is 1. The molecule has 16 heavy (non-hydrogen) atoms. The van der Waals surface area contributed by atoms with Gasteiger partial charge in [-0.3, -0.25) is 4.79 Å². The van der Waals surface area contributed by atoms with E-state index < -0.39 is 0 Å². The van der Waals surface area contributed by atoms with E-state index in [-0.39, 0.29) is 5.91 Å². The number of carbonyl (C=O) groups excluding carboxylic acids is 1. The molecule has 3 rings (SSSR count). The van der Waals surface area contributed by atoms with Crippen LogP contribution in [0.3, 0.4) is 0 Å². The summed E-state index contributed by atoms with van der Waals surface area (Å²) in [5.41, 5.74) is 3.24. The lowest BCUT2D eigenvalue weighted by molar-refractivity contribution is 0.0947. The molecule has 1 aromatic heterocycles. The molecule has 0 atom stereocenters. The number of hydrogen-bond donors (Lipinski definition) is 1. The number of fused-ring (bicyclic) bond motifs is 3. The number of amides is 1. The molecular weight excluding hydrogens is 200 g/mol. The summed E-state index contributed by atoms with van der Waals surface area (Å²) < 4.78 is 2.25. The van der Waals surface area contributed by atoms with Crippen molar-refractivity contribution in [2.24, 2.45) is 0 Å². The number of nitrogens with zero attached hydrogens (tertiary/aromatic N) is 1. The van der Waals surface area contributed by atoms with Crippen LogP contribution in [0.2, 0.25) is 0 Å². The first-order valence-corrected chi connectivity index (χ1v) is 5.71. The average molecular weight is 214 g/mol. The second kappa shape index (κ2) is 3.37. The number of hydrogen-bond acceptors (Lipinski definition) is 1. The monoisotopic (exact) mass is 214 g/mol. The Bertz CT molecular complexity index is 569. The lowest BCUT2D eigenvalue weighted by Gasteiger charge is -2.15. The van der Waals surface area contributed by atoms with E-state index in [9.17, 15) is 4.79 Å². The normalized spacial score (nSPS) is 14.9. The van der Waals surface area contributed by atoms with Crippen molar-refractivity contribution in [1.29, 1.82) is 0 Å². The molecule has 0 aliphatic carbocycles. The topological polar surface area (TPSA) is 34.0 Å². The molecule has 2 heterocycles. The summed E-state index contributed by atoms with van der Waals surface area (Å²) in [5.74, 6) is 0.0738. The van der Waals surface area contributed by atoms with Crippen molar-refractivity contribution in [2.45, 2.75) is 19.9 Å². The van der Waals surface area contributed by atoms with Crippen molar-refractivity contribution in [3.05, 3.63) is 35.5 Å². The van der Waals surface area contributed by atoms with Crippen molar-refractivity contribution < 1.29 is 4.79 Å². The van der Waals surface area contributed by atoms with Crippen LogP contribution in [0.5, 0.6) is 0 Å². The number of para-hydroxylation sites is 1. The van der Waals surface area contributed by atoms with Gasteiger partial charge in [-0.25, -0.2) is 0 Å². The maximum Gasteiger partial charge on any atom is 0.253 e. The predicted molar refractivity (Wildman–Crippen MR) is 63.6 cm³/mol. The predicted octanol–water partition coefficient (Wildman–Crippen LogP) is 1.95. The molecule has 0 radical (unpaired) electrons. The highest BCUT2D eigenvalue weighted by Crippen LogP contribution is 2.28. The van der Waals surface area contributed by atoms with E-state index in [2.05, 4.69) is 22.9 Å². The molecule has 3 heteroatoms. The molecule has 0 bridgehead atoms. The second-order valence-electron chi connectivity index (χ2n) is 4.09. The SMILES string of the molecule is CCn1c2c(c3ccccc31)C(=O)NCC2. The lowest BCUT2D eigenvalue weighted by Crippen LogP contribution is -2.32. The van der Waals surface area contributed by atoms with Gasteiger partial charge >= 0.3 is 0 Å². The maximum absolute atomic E-state index is 11.9. The van der Waals surface area contributed by atoms with E-state index in [1.165, 1.54) is 11.2 Å². The third kappa shape index (κ3) is 1.11. The van der Waals surface area contributed by atoms with Crippen LogP contribution in [0.15, 0.2) is 24.3 Å². The van der Waals surface area contributed by atoms with Gasteiger partial charge in [0.15, 0.2) is 0 Å². The van der Waals surface area contributed by atoms with E-state index in [4.69, 9.17) is 0 Å². The molecule has 1 aromatic carbocycles. The minimum atomic E-state index is 0.0738. The summed E-state index contributed by atoms with van der Waals surface area (Å²) in [5, 5.41) is 4.00. The van der Waals surface area contributed by atoms with Crippen LogP contribution in [0, 0.1) is 0 Å². The summed E-state index contributed by atoms with van der Waals surface area (Å²) in [4.78, 5) is 11.9. The number of carbonyl (C=O) groups is 1. The lowest BCUT2D eigenvalue weighted by atomic mass is 10.1. The number of nitrogens with one attached hydrogen (secondary N) is 1. The second-order valence-corrected chi connectivity index (χ2v) is 4.09. The molecule has 0 fully saturated rings. The zero-order valence-corrected chi connectivity index (χ0v) is 9.29. The van der Waals surface area contributed by atoms with Gasteiger partial charge in [-0.1, -0.05) is 18.2 Å². The summed E-state index contributed by atoms with van der Waals surface area (Å²) in [7, 11) is 0. The first-order chi connectivity index (χ1) is 7.83. The Morgan fingerprint density at radius 3 is 3.00 bits per heavy atom. The van der Waals surface area contributed by atoms with E-state index in [1.54, 1.807) is 0 Å². The quantitative estimate of drug-likeness (QED) is 0.773. The van der Waals surface area contributed by atoms with Gasteiger partial charge in [0.05, 0.1) is 5.56 Å². The Morgan fingerprint density at radius 2 is 2.19 bits per heavy atom. The molecule has 82 valence electrons. The van der Waals surface area contributed by atoms with Gasteiger partial charge in [0, 0.05) is 36.1 Å². The van der Waals surface area contributed by atoms with Crippen LogP contribution in [0.1, 0.15) is 23.0 Å². The number of aromatic nitrogens is 1. The third-order valence-corrected chi connectivity index (χ3v) is 3.27. The smallest absolute Gasteiger partial charge is 0.253 e. The van der Waals surface area contributed by atoms with Gasteiger partial charge in [0.25, 0.3) is 5.91 Å². The molecule has 0 unspecified atom stereocenters. The van der Waals surface area contributed by atoms with Gasteiger partial charge in [-0.2, -0.15) is 0 Å². The summed E-state index contributed by atoms with van der Waals surface area (Å²) in [6.07, 6.45) is 0.934. The van der Waals surface area contributed by atoms with Gasteiger partial charge in [0.2, 0.25) is 0 Å². The maximum atomic E-state index is 11.9. The molecule has 1 N–H and O–H groups in total.